The van der Waals surface area contributed by atoms with Crippen molar-refractivity contribution in [1.82, 2.24) is 0 Å². The summed E-state index contributed by atoms with van der Waals surface area (Å²) in [7, 11) is 0. The van der Waals surface area contributed by atoms with Crippen LogP contribution in [0.15, 0.2) is 11.6 Å². The summed E-state index contributed by atoms with van der Waals surface area (Å²) in [5.74, 6) is 0.610. The SMILES string of the molecule is CC1C=C(CO)CCC1(C)C. The first-order valence-electron chi connectivity index (χ1n) is 4.36. The second-order valence-electron chi connectivity index (χ2n) is 4.26. The van der Waals surface area contributed by atoms with Crippen molar-refractivity contribution in [3.8, 4) is 0 Å². The van der Waals surface area contributed by atoms with Crippen molar-refractivity contribution < 1.29 is 5.11 Å². The highest BCUT2D eigenvalue weighted by Crippen LogP contribution is 2.38. The summed E-state index contributed by atoms with van der Waals surface area (Å²) in [6.45, 7) is 7.07. The molecule has 1 unspecified atom stereocenters. The van der Waals surface area contributed by atoms with E-state index >= 15 is 0 Å². The van der Waals surface area contributed by atoms with Crippen molar-refractivity contribution in [3.63, 3.8) is 0 Å². The van der Waals surface area contributed by atoms with E-state index in [1.54, 1.807) is 0 Å². The highest BCUT2D eigenvalue weighted by Gasteiger charge is 2.27. The van der Waals surface area contributed by atoms with Crippen molar-refractivity contribution in [3.05, 3.63) is 11.6 Å². The second kappa shape index (κ2) is 2.98. The fourth-order valence-electron chi connectivity index (χ4n) is 1.50. The van der Waals surface area contributed by atoms with Gasteiger partial charge in [0, 0.05) is 0 Å². The van der Waals surface area contributed by atoms with Gasteiger partial charge in [0.15, 0.2) is 0 Å². The Morgan fingerprint density at radius 3 is 2.73 bits per heavy atom. The van der Waals surface area contributed by atoms with E-state index in [2.05, 4.69) is 26.8 Å². The van der Waals surface area contributed by atoms with E-state index in [-0.39, 0.29) is 6.61 Å². The Morgan fingerprint density at radius 2 is 2.27 bits per heavy atom. The Labute approximate surface area is 69.1 Å². The van der Waals surface area contributed by atoms with Gasteiger partial charge in [0.1, 0.15) is 0 Å². The lowest BCUT2D eigenvalue weighted by atomic mass is 9.71. The summed E-state index contributed by atoms with van der Waals surface area (Å²) in [6.07, 6.45) is 4.51. The van der Waals surface area contributed by atoms with Crippen molar-refractivity contribution in [2.75, 3.05) is 6.61 Å². The Bertz CT molecular complexity index is 168. The van der Waals surface area contributed by atoms with Crippen LogP contribution in [0.2, 0.25) is 0 Å². The molecule has 1 atom stereocenters. The van der Waals surface area contributed by atoms with Gasteiger partial charge in [0.05, 0.1) is 6.61 Å². The summed E-state index contributed by atoms with van der Waals surface area (Å²) in [6, 6.07) is 0. The molecule has 0 aromatic carbocycles. The smallest absolute Gasteiger partial charge is 0.0641 e. The topological polar surface area (TPSA) is 20.2 Å². The molecule has 0 heterocycles. The highest BCUT2D eigenvalue weighted by atomic mass is 16.3. The van der Waals surface area contributed by atoms with Crippen LogP contribution in [0.4, 0.5) is 0 Å². The van der Waals surface area contributed by atoms with Crippen LogP contribution in [0.5, 0.6) is 0 Å². The van der Waals surface area contributed by atoms with E-state index in [1.165, 1.54) is 12.0 Å². The van der Waals surface area contributed by atoms with Crippen molar-refractivity contribution in [2.24, 2.45) is 11.3 Å². The van der Waals surface area contributed by atoms with Crippen LogP contribution in [0.25, 0.3) is 0 Å². The molecule has 0 fully saturated rings. The molecule has 1 aliphatic carbocycles. The maximum Gasteiger partial charge on any atom is 0.0641 e. The van der Waals surface area contributed by atoms with E-state index in [9.17, 15) is 0 Å². The number of aliphatic hydroxyl groups is 1. The number of rotatable bonds is 1. The van der Waals surface area contributed by atoms with E-state index < -0.39 is 0 Å². The van der Waals surface area contributed by atoms with Gasteiger partial charge in [-0.05, 0) is 29.7 Å². The first-order valence-corrected chi connectivity index (χ1v) is 4.36. The highest BCUT2D eigenvalue weighted by molar-refractivity contribution is 5.11. The molecule has 1 nitrogen and oxygen atoms in total. The first-order chi connectivity index (χ1) is 5.06. The minimum Gasteiger partial charge on any atom is -0.392 e. The Morgan fingerprint density at radius 1 is 1.64 bits per heavy atom. The molecule has 0 aliphatic heterocycles. The molecule has 1 N–H and O–H groups in total. The molecule has 0 bridgehead atoms. The molecule has 0 saturated carbocycles. The third-order valence-electron chi connectivity index (χ3n) is 3.01. The third-order valence-corrected chi connectivity index (χ3v) is 3.01. The lowest BCUT2D eigenvalue weighted by molar-refractivity contribution is 0.225. The van der Waals surface area contributed by atoms with Crippen LogP contribution in [-0.4, -0.2) is 11.7 Å². The zero-order valence-electron chi connectivity index (χ0n) is 7.72. The van der Waals surface area contributed by atoms with Crippen molar-refractivity contribution in [1.29, 1.82) is 0 Å². The summed E-state index contributed by atoms with van der Waals surface area (Å²) < 4.78 is 0. The van der Waals surface area contributed by atoms with E-state index in [1.807, 2.05) is 0 Å². The third kappa shape index (κ3) is 1.84. The summed E-state index contributed by atoms with van der Waals surface area (Å²) in [5.41, 5.74) is 1.65. The molecule has 64 valence electrons. The van der Waals surface area contributed by atoms with E-state index in [0.717, 1.165) is 6.42 Å². The predicted molar refractivity (Wildman–Crippen MR) is 47.3 cm³/mol. The van der Waals surface area contributed by atoms with Gasteiger partial charge in [-0.2, -0.15) is 0 Å². The number of hydrogen-bond donors (Lipinski definition) is 1. The Kier molecular flexibility index (Phi) is 2.38. The average Bonchev–Trinajstić information content (AvgIpc) is 1.95. The quantitative estimate of drug-likeness (QED) is 0.575. The van der Waals surface area contributed by atoms with Crippen molar-refractivity contribution >= 4 is 0 Å². The maximum absolute atomic E-state index is 8.91. The van der Waals surface area contributed by atoms with Crippen LogP contribution in [0, 0.1) is 11.3 Å². The Balaban J connectivity index is 2.70. The lowest BCUT2D eigenvalue weighted by Crippen LogP contribution is -2.24. The monoisotopic (exact) mass is 154 g/mol. The first kappa shape index (κ1) is 8.79. The molecule has 0 aromatic heterocycles. The van der Waals surface area contributed by atoms with Crippen LogP contribution < -0.4 is 0 Å². The molecule has 11 heavy (non-hydrogen) atoms. The van der Waals surface area contributed by atoms with Crippen LogP contribution in [0.3, 0.4) is 0 Å². The summed E-state index contributed by atoms with van der Waals surface area (Å²) in [5, 5.41) is 8.91. The van der Waals surface area contributed by atoms with Gasteiger partial charge in [-0.25, -0.2) is 0 Å². The average molecular weight is 154 g/mol. The standard InChI is InChI=1S/C10H18O/c1-8-6-9(7-11)4-5-10(8,2)3/h6,8,11H,4-5,7H2,1-3H3. The minimum atomic E-state index is 0.250. The summed E-state index contributed by atoms with van der Waals surface area (Å²) in [4.78, 5) is 0. The minimum absolute atomic E-state index is 0.250. The normalized spacial score (nSPS) is 29.8. The largest absolute Gasteiger partial charge is 0.392 e. The van der Waals surface area contributed by atoms with E-state index in [0.29, 0.717) is 11.3 Å². The zero-order valence-corrected chi connectivity index (χ0v) is 7.72. The Hall–Kier alpha value is -0.300. The van der Waals surface area contributed by atoms with Crippen LogP contribution in [-0.2, 0) is 0 Å². The zero-order chi connectivity index (χ0) is 8.48. The van der Waals surface area contributed by atoms with E-state index in [4.69, 9.17) is 5.11 Å². The fourth-order valence-corrected chi connectivity index (χ4v) is 1.50. The molecule has 1 rings (SSSR count). The van der Waals surface area contributed by atoms with Gasteiger partial charge in [0.25, 0.3) is 0 Å². The predicted octanol–water partition coefficient (Wildman–Crippen LogP) is 2.36. The van der Waals surface area contributed by atoms with Gasteiger partial charge in [-0.1, -0.05) is 26.8 Å². The van der Waals surface area contributed by atoms with Gasteiger partial charge in [0.2, 0.25) is 0 Å². The van der Waals surface area contributed by atoms with Gasteiger partial charge < -0.3 is 5.11 Å². The maximum atomic E-state index is 8.91. The van der Waals surface area contributed by atoms with Crippen molar-refractivity contribution in [2.45, 2.75) is 33.6 Å². The van der Waals surface area contributed by atoms with Crippen LogP contribution >= 0.6 is 0 Å². The van der Waals surface area contributed by atoms with Gasteiger partial charge in [-0.15, -0.1) is 0 Å². The molecule has 0 amide bonds. The second-order valence-corrected chi connectivity index (χ2v) is 4.26. The molecular weight excluding hydrogens is 136 g/mol. The molecular formula is C10H18O. The lowest BCUT2D eigenvalue weighted by Gasteiger charge is -2.34. The number of hydrogen-bond acceptors (Lipinski definition) is 1. The molecule has 0 aromatic rings. The van der Waals surface area contributed by atoms with Gasteiger partial charge in [-0.3, -0.25) is 0 Å². The number of aliphatic hydroxyl groups excluding tert-OH is 1. The molecule has 1 heteroatoms. The fraction of sp³-hybridized carbons (Fsp3) is 0.800. The van der Waals surface area contributed by atoms with Gasteiger partial charge >= 0.3 is 0 Å². The molecule has 0 radical (unpaired) electrons. The molecule has 0 saturated heterocycles. The molecule has 1 aliphatic rings. The van der Waals surface area contributed by atoms with Crippen LogP contribution in [0.1, 0.15) is 33.6 Å². The molecule has 0 spiro atoms. The summed E-state index contributed by atoms with van der Waals surface area (Å²) >= 11 is 0. The number of allylic oxidation sites excluding steroid dienone is 1.